The molecule has 1 aliphatic heterocycles. The summed E-state index contributed by atoms with van der Waals surface area (Å²) in [6, 6.07) is 5.59. The van der Waals surface area contributed by atoms with Crippen molar-refractivity contribution in [1.82, 2.24) is 20.4 Å². The highest BCUT2D eigenvalue weighted by molar-refractivity contribution is 14.0. The number of likely N-dealkylation sites (N-methyl/N-ethyl adjacent to an activating group) is 1. The smallest absolute Gasteiger partial charge is 0.191 e. The highest BCUT2D eigenvalue weighted by Gasteiger charge is 2.33. The van der Waals surface area contributed by atoms with E-state index in [1.165, 1.54) is 37.1 Å². The third kappa shape index (κ3) is 6.30. The van der Waals surface area contributed by atoms with Crippen LogP contribution in [-0.4, -0.2) is 69.6 Å². The SMILES string of the molecule is CN=C(NCC1CCCN(C)C1c1cccs1)NCC(C1CC1)N(C)C.I. The first-order valence-electron chi connectivity index (χ1n) is 9.94. The number of hydrogen-bond acceptors (Lipinski definition) is 4. The largest absolute Gasteiger partial charge is 0.356 e. The Morgan fingerprint density at radius 1 is 1.33 bits per heavy atom. The van der Waals surface area contributed by atoms with Gasteiger partial charge in [-0.25, -0.2) is 0 Å². The molecule has 1 aromatic heterocycles. The molecule has 7 heteroatoms. The summed E-state index contributed by atoms with van der Waals surface area (Å²) in [5, 5.41) is 9.36. The summed E-state index contributed by atoms with van der Waals surface area (Å²) in [5.74, 6) is 2.42. The van der Waals surface area contributed by atoms with Crippen molar-refractivity contribution in [3.05, 3.63) is 22.4 Å². The second-order valence-electron chi connectivity index (χ2n) is 8.05. The van der Waals surface area contributed by atoms with Gasteiger partial charge < -0.3 is 15.5 Å². The highest BCUT2D eigenvalue weighted by Crippen LogP contribution is 2.37. The van der Waals surface area contributed by atoms with Gasteiger partial charge in [0.25, 0.3) is 0 Å². The Hall–Kier alpha value is -0.380. The van der Waals surface area contributed by atoms with Crippen molar-refractivity contribution in [2.45, 2.75) is 37.8 Å². The van der Waals surface area contributed by atoms with Crippen molar-refractivity contribution in [3.63, 3.8) is 0 Å². The molecule has 0 bridgehead atoms. The van der Waals surface area contributed by atoms with E-state index in [1.54, 1.807) is 0 Å². The maximum absolute atomic E-state index is 4.46. The molecule has 0 amide bonds. The van der Waals surface area contributed by atoms with E-state index in [1.807, 2.05) is 18.4 Å². The number of likely N-dealkylation sites (tertiary alicyclic amines) is 1. The predicted molar refractivity (Wildman–Crippen MR) is 127 cm³/mol. The Labute approximate surface area is 186 Å². The molecule has 5 nitrogen and oxygen atoms in total. The molecule has 3 rings (SSSR count). The van der Waals surface area contributed by atoms with E-state index >= 15 is 0 Å². The zero-order valence-corrected chi connectivity index (χ0v) is 20.3. The summed E-state index contributed by atoms with van der Waals surface area (Å²) in [6.07, 6.45) is 5.29. The third-order valence-corrected chi connectivity index (χ3v) is 6.85. The molecular weight excluding hydrogens is 469 g/mol. The molecule has 3 atom stereocenters. The standard InChI is InChI=1S/C20H35N5S.HI/c1-21-20(23-14-17(24(2)3)15-9-10-15)22-13-16-7-5-11-25(4)19(16)18-8-6-12-26-18;/h6,8,12,15-17,19H,5,7,9-11,13-14H2,1-4H3,(H2,21,22,23);1H. The normalized spacial score (nSPS) is 25.1. The Balaban J connectivity index is 0.00000261. The van der Waals surface area contributed by atoms with Gasteiger partial charge in [0.05, 0.1) is 0 Å². The number of aliphatic imine (C=N–C) groups is 1. The van der Waals surface area contributed by atoms with Gasteiger partial charge in [0, 0.05) is 37.1 Å². The van der Waals surface area contributed by atoms with Crippen LogP contribution in [0.15, 0.2) is 22.5 Å². The summed E-state index contributed by atoms with van der Waals surface area (Å²) in [4.78, 5) is 10.8. The van der Waals surface area contributed by atoms with Crippen LogP contribution in [-0.2, 0) is 0 Å². The van der Waals surface area contributed by atoms with E-state index in [9.17, 15) is 0 Å². The van der Waals surface area contributed by atoms with Gasteiger partial charge in [0.15, 0.2) is 5.96 Å². The molecule has 2 aliphatic rings. The lowest BCUT2D eigenvalue weighted by molar-refractivity contribution is 0.125. The number of nitrogens with zero attached hydrogens (tertiary/aromatic N) is 3. The molecule has 0 spiro atoms. The second-order valence-corrected chi connectivity index (χ2v) is 9.02. The van der Waals surface area contributed by atoms with E-state index < -0.39 is 0 Å². The van der Waals surface area contributed by atoms with Crippen molar-refractivity contribution >= 4 is 41.3 Å². The average Bonchev–Trinajstić information content (AvgIpc) is 3.31. The summed E-state index contributed by atoms with van der Waals surface area (Å²) < 4.78 is 0. The van der Waals surface area contributed by atoms with Crippen molar-refractivity contribution < 1.29 is 0 Å². The van der Waals surface area contributed by atoms with Crippen LogP contribution in [0.2, 0.25) is 0 Å². The minimum Gasteiger partial charge on any atom is -0.356 e. The van der Waals surface area contributed by atoms with Gasteiger partial charge in [-0.05, 0) is 76.7 Å². The topological polar surface area (TPSA) is 42.9 Å². The lowest BCUT2D eigenvalue weighted by Crippen LogP contribution is -2.48. The molecule has 3 unspecified atom stereocenters. The molecule has 0 aromatic carbocycles. The van der Waals surface area contributed by atoms with Gasteiger partial charge in [0.1, 0.15) is 0 Å². The average molecular weight is 506 g/mol. The number of halogens is 1. The molecule has 2 heterocycles. The van der Waals surface area contributed by atoms with Crippen LogP contribution in [0.1, 0.15) is 36.6 Å². The fourth-order valence-corrected chi connectivity index (χ4v) is 5.27. The number of hydrogen-bond donors (Lipinski definition) is 2. The molecule has 1 saturated heterocycles. The molecular formula is C20H36IN5S. The highest BCUT2D eigenvalue weighted by atomic mass is 127. The zero-order chi connectivity index (χ0) is 18.5. The monoisotopic (exact) mass is 505 g/mol. The summed E-state index contributed by atoms with van der Waals surface area (Å²) >= 11 is 1.88. The number of nitrogens with one attached hydrogen (secondary N) is 2. The van der Waals surface area contributed by atoms with E-state index in [0.717, 1.165) is 25.0 Å². The van der Waals surface area contributed by atoms with Gasteiger partial charge in [-0.3, -0.25) is 9.89 Å². The second kappa shape index (κ2) is 11.0. The first-order chi connectivity index (χ1) is 12.6. The fraction of sp³-hybridized carbons (Fsp3) is 0.750. The number of rotatable bonds is 7. The minimum atomic E-state index is 0. The number of thiophene rings is 1. The van der Waals surface area contributed by atoms with Crippen molar-refractivity contribution in [1.29, 1.82) is 0 Å². The van der Waals surface area contributed by atoms with Gasteiger partial charge in [-0.15, -0.1) is 35.3 Å². The Bertz CT molecular complexity index is 571. The van der Waals surface area contributed by atoms with Gasteiger partial charge in [-0.1, -0.05) is 6.07 Å². The third-order valence-electron chi connectivity index (χ3n) is 5.91. The van der Waals surface area contributed by atoms with Crippen LogP contribution in [0.3, 0.4) is 0 Å². The number of guanidine groups is 1. The van der Waals surface area contributed by atoms with Crippen LogP contribution in [0.4, 0.5) is 0 Å². The van der Waals surface area contributed by atoms with E-state index in [0.29, 0.717) is 18.0 Å². The fourth-order valence-electron chi connectivity index (χ4n) is 4.28. The maximum Gasteiger partial charge on any atom is 0.191 e. The Morgan fingerprint density at radius 2 is 2.11 bits per heavy atom. The molecule has 2 N–H and O–H groups in total. The zero-order valence-electron chi connectivity index (χ0n) is 17.1. The first kappa shape index (κ1) is 22.9. The Kier molecular flexibility index (Phi) is 9.31. The molecule has 1 aliphatic carbocycles. The van der Waals surface area contributed by atoms with E-state index in [4.69, 9.17) is 0 Å². The maximum atomic E-state index is 4.46. The van der Waals surface area contributed by atoms with Crippen molar-refractivity contribution in [2.24, 2.45) is 16.8 Å². The van der Waals surface area contributed by atoms with Gasteiger partial charge in [-0.2, -0.15) is 0 Å². The van der Waals surface area contributed by atoms with Crippen LogP contribution in [0, 0.1) is 11.8 Å². The molecule has 0 radical (unpaired) electrons. The van der Waals surface area contributed by atoms with Crippen LogP contribution in [0.25, 0.3) is 0 Å². The van der Waals surface area contributed by atoms with E-state index in [-0.39, 0.29) is 24.0 Å². The molecule has 1 aromatic rings. The van der Waals surface area contributed by atoms with Crippen molar-refractivity contribution in [3.8, 4) is 0 Å². The Morgan fingerprint density at radius 3 is 2.70 bits per heavy atom. The summed E-state index contributed by atoms with van der Waals surface area (Å²) in [7, 11) is 8.51. The van der Waals surface area contributed by atoms with Crippen molar-refractivity contribution in [2.75, 3.05) is 47.8 Å². The molecule has 27 heavy (non-hydrogen) atoms. The van der Waals surface area contributed by atoms with Crippen LogP contribution < -0.4 is 10.6 Å². The van der Waals surface area contributed by atoms with Crippen LogP contribution >= 0.6 is 35.3 Å². The van der Waals surface area contributed by atoms with Crippen LogP contribution in [0.5, 0.6) is 0 Å². The van der Waals surface area contributed by atoms with E-state index in [2.05, 4.69) is 64.1 Å². The summed E-state index contributed by atoms with van der Waals surface area (Å²) in [5.41, 5.74) is 0. The minimum absolute atomic E-state index is 0. The predicted octanol–water partition coefficient (Wildman–Crippen LogP) is 3.25. The van der Waals surface area contributed by atoms with Gasteiger partial charge >= 0.3 is 0 Å². The lowest BCUT2D eigenvalue weighted by Gasteiger charge is -2.39. The van der Waals surface area contributed by atoms with Gasteiger partial charge in [0.2, 0.25) is 0 Å². The quantitative estimate of drug-likeness (QED) is 0.339. The molecule has 1 saturated carbocycles. The molecule has 2 fully saturated rings. The first-order valence-corrected chi connectivity index (χ1v) is 10.8. The summed E-state index contributed by atoms with van der Waals surface area (Å²) in [6.45, 7) is 3.14. The lowest BCUT2D eigenvalue weighted by atomic mass is 9.88. The molecule has 154 valence electrons. The number of piperidine rings is 1.